The molecule has 6 nitrogen and oxygen atoms in total. The molecule has 1 atom stereocenters. The summed E-state index contributed by atoms with van der Waals surface area (Å²) in [6.07, 6.45) is 0. The largest absolute Gasteiger partial charge is 0.369 e. The highest BCUT2D eigenvalue weighted by Crippen LogP contribution is 2.16. The first-order valence-electron chi connectivity index (χ1n) is 9.30. The van der Waals surface area contributed by atoms with Crippen LogP contribution in [-0.2, 0) is 11.3 Å². The lowest BCUT2D eigenvalue weighted by molar-refractivity contribution is -0.124. The fraction of sp³-hybridized carbons (Fsp3) is 0.333. The second-order valence-electron chi connectivity index (χ2n) is 6.69. The summed E-state index contributed by atoms with van der Waals surface area (Å²) >= 11 is 0. The van der Waals surface area contributed by atoms with Crippen LogP contribution < -0.4 is 15.5 Å². The maximum atomic E-state index is 12.4. The van der Waals surface area contributed by atoms with Crippen molar-refractivity contribution in [2.45, 2.75) is 19.5 Å². The van der Waals surface area contributed by atoms with Gasteiger partial charge >= 0.3 is 6.03 Å². The lowest BCUT2D eigenvalue weighted by Gasteiger charge is -2.38. The molecule has 1 saturated heterocycles. The molecule has 1 heterocycles. The molecule has 0 saturated carbocycles. The van der Waals surface area contributed by atoms with Crippen LogP contribution in [0.15, 0.2) is 60.7 Å². The van der Waals surface area contributed by atoms with Gasteiger partial charge in [-0.15, -0.1) is 0 Å². The van der Waals surface area contributed by atoms with Gasteiger partial charge in [0.2, 0.25) is 5.91 Å². The van der Waals surface area contributed by atoms with E-state index in [2.05, 4.69) is 32.6 Å². The highest BCUT2D eigenvalue weighted by Gasteiger charge is 2.26. The highest BCUT2D eigenvalue weighted by molar-refractivity contribution is 5.96. The molecule has 142 valence electrons. The number of nitrogens with one attached hydrogen (secondary N) is 2. The van der Waals surface area contributed by atoms with Crippen LogP contribution in [0.3, 0.4) is 0 Å². The number of para-hydroxylation sites is 1. The van der Waals surface area contributed by atoms with E-state index in [4.69, 9.17) is 0 Å². The van der Waals surface area contributed by atoms with E-state index in [1.165, 1.54) is 5.69 Å². The van der Waals surface area contributed by atoms with Crippen molar-refractivity contribution in [3.63, 3.8) is 0 Å². The van der Waals surface area contributed by atoms with Crippen molar-refractivity contribution in [2.75, 3.05) is 31.1 Å². The molecule has 1 unspecified atom stereocenters. The maximum absolute atomic E-state index is 12.4. The molecule has 0 radical (unpaired) electrons. The van der Waals surface area contributed by atoms with Gasteiger partial charge in [-0.3, -0.25) is 15.0 Å². The SMILES string of the molecule is CC(C(=O)NC(=O)NCc1ccccc1)N1CCN(c2ccccc2)CC1. The molecule has 2 N–H and O–H groups in total. The lowest BCUT2D eigenvalue weighted by atomic mass is 10.2. The van der Waals surface area contributed by atoms with E-state index in [0.29, 0.717) is 6.54 Å². The Morgan fingerprint density at radius 1 is 0.926 bits per heavy atom. The van der Waals surface area contributed by atoms with Gasteiger partial charge in [0.15, 0.2) is 0 Å². The fourth-order valence-corrected chi connectivity index (χ4v) is 3.21. The third kappa shape index (κ3) is 5.31. The van der Waals surface area contributed by atoms with Gasteiger partial charge in [-0.2, -0.15) is 0 Å². The average molecular weight is 366 g/mol. The van der Waals surface area contributed by atoms with Gasteiger partial charge in [-0.05, 0) is 24.6 Å². The van der Waals surface area contributed by atoms with Crippen LogP contribution in [-0.4, -0.2) is 49.1 Å². The summed E-state index contributed by atoms with van der Waals surface area (Å²) in [6, 6.07) is 19.1. The predicted octanol–water partition coefficient (Wildman–Crippen LogP) is 2.22. The summed E-state index contributed by atoms with van der Waals surface area (Å²) in [5.74, 6) is -0.270. The minimum atomic E-state index is -0.460. The topological polar surface area (TPSA) is 64.7 Å². The number of rotatable bonds is 5. The number of piperazine rings is 1. The Hall–Kier alpha value is -2.86. The zero-order chi connectivity index (χ0) is 19.1. The first-order chi connectivity index (χ1) is 13.1. The number of carbonyl (C=O) groups excluding carboxylic acids is 2. The number of amides is 3. The Labute approximate surface area is 160 Å². The quantitative estimate of drug-likeness (QED) is 0.852. The van der Waals surface area contributed by atoms with Crippen LogP contribution in [0.1, 0.15) is 12.5 Å². The molecule has 0 spiro atoms. The number of imide groups is 1. The van der Waals surface area contributed by atoms with E-state index in [0.717, 1.165) is 31.7 Å². The minimum absolute atomic E-state index is 0.270. The second kappa shape index (κ2) is 9.19. The molecule has 1 aliphatic heterocycles. The van der Waals surface area contributed by atoms with Crippen molar-refractivity contribution in [1.82, 2.24) is 15.5 Å². The molecule has 2 aromatic rings. The van der Waals surface area contributed by atoms with E-state index >= 15 is 0 Å². The molecule has 3 amide bonds. The van der Waals surface area contributed by atoms with Crippen molar-refractivity contribution >= 4 is 17.6 Å². The number of carbonyl (C=O) groups is 2. The van der Waals surface area contributed by atoms with Crippen LogP contribution in [0.5, 0.6) is 0 Å². The molecule has 1 fully saturated rings. The van der Waals surface area contributed by atoms with E-state index in [-0.39, 0.29) is 11.9 Å². The number of benzene rings is 2. The minimum Gasteiger partial charge on any atom is -0.369 e. The molecule has 1 aliphatic rings. The monoisotopic (exact) mass is 366 g/mol. The Morgan fingerprint density at radius 3 is 2.15 bits per heavy atom. The third-order valence-electron chi connectivity index (χ3n) is 4.90. The van der Waals surface area contributed by atoms with Gasteiger partial charge in [0.05, 0.1) is 6.04 Å². The van der Waals surface area contributed by atoms with Crippen LogP contribution in [0.25, 0.3) is 0 Å². The maximum Gasteiger partial charge on any atom is 0.321 e. The van der Waals surface area contributed by atoms with Crippen LogP contribution >= 0.6 is 0 Å². The number of hydrogen-bond donors (Lipinski definition) is 2. The van der Waals surface area contributed by atoms with Gasteiger partial charge in [-0.25, -0.2) is 4.79 Å². The fourth-order valence-electron chi connectivity index (χ4n) is 3.21. The van der Waals surface area contributed by atoms with Gasteiger partial charge in [-0.1, -0.05) is 48.5 Å². The summed E-state index contributed by atoms with van der Waals surface area (Å²) in [7, 11) is 0. The van der Waals surface area contributed by atoms with Crippen molar-refractivity contribution in [3.05, 3.63) is 66.2 Å². The Balaban J connectivity index is 1.43. The molecule has 0 aromatic heterocycles. The van der Waals surface area contributed by atoms with E-state index < -0.39 is 6.03 Å². The van der Waals surface area contributed by atoms with E-state index in [1.54, 1.807) is 0 Å². The van der Waals surface area contributed by atoms with Crippen molar-refractivity contribution in [1.29, 1.82) is 0 Å². The first-order valence-corrected chi connectivity index (χ1v) is 9.30. The molecule has 27 heavy (non-hydrogen) atoms. The highest BCUT2D eigenvalue weighted by atomic mass is 16.2. The summed E-state index contributed by atoms with van der Waals surface area (Å²) in [6.45, 7) is 5.54. The van der Waals surface area contributed by atoms with Crippen LogP contribution in [0, 0.1) is 0 Å². The molecular formula is C21H26N4O2. The predicted molar refractivity (Wildman–Crippen MR) is 107 cm³/mol. The smallest absolute Gasteiger partial charge is 0.321 e. The molecule has 0 bridgehead atoms. The van der Waals surface area contributed by atoms with Gasteiger partial charge in [0.25, 0.3) is 0 Å². The Morgan fingerprint density at radius 2 is 1.52 bits per heavy atom. The summed E-state index contributed by atoms with van der Waals surface area (Å²) in [4.78, 5) is 28.8. The van der Waals surface area contributed by atoms with E-state index in [9.17, 15) is 9.59 Å². The van der Waals surface area contributed by atoms with Crippen molar-refractivity contribution in [3.8, 4) is 0 Å². The number of urea groups is 1. The van der Waals surface area contributed by atoms with Gasteiger partial charge < -0.3 is 10.2 Å². The normalized spacial score (nSPS) is 15.8. The molecule has 0 aliphatic carbocycles. The lowest BCUT2D eigenvalue weighted by Crippen LogP contribution is -2.55. The second-order valence-corrected chi connectivity index (χ2v) is 6.69. The molecule has 3 rings (SSSR count). The van der Waals surface area contributed by atoms with Crippen LogP contribution in [0.4, 0.5) is 10.5 Å². The molecule has 2 aromatic carbocycles. The zero-order valence-corrected chi connectivity index (χ0v) is 15.6. The number of nitrogens with zero attached hydrogens (tertiary/aromatic N) is 2. The van der Waals surface area contributed by atoms with Gasteiger partial charge in [0, 0.05) is 38.4 Å². The summed E-state index contributed by atoms with van der Waals surface area (Å²) in [5, 5.41) is 5.16. The standard InChI is InChI=1S/C21H26N4O2/c1-17(20(26)23-21(27)22-16-18-8-4-2-5-9-18)24-12-14-25(15-13-24)19-10-6-3-7-11-19/h2-11,17H,12-16H2,1H3,(H2,22,23,26,27). The van der Waals surface area contributed by atoms with Crippen molar-refractivity contribution < 1.29 is 9.59 Å². The summed E-state index contributed by atoms with van der Waals surface area (Å²) < 4.78 is 0. The first kappa shape index (κ1) is 18.9. The zero-order valence-electron chi connectivity index (χ0n) is 15.6. The van der Waals surface area contributed by atoms with E-state index in [1.807, 2.05) is 55.5 Å². The van der Waals surface area contributed by atoms with Crippen molar-refractivity contribution in [2.24, 2.45) is 0 Å². The Bertz CT molecular complexity index is 743. The molecular weight excluding hydrogens is 340 g/mol. The molecule has 6 heteroatoms. The number of anilines is 1. The van der Waals surface area contributed by atoms with Crippen LogP contribution in [0.2, 0.25) is 0 Å². The number of hydrogen-bond acceptors (Lipinski definition) is 4. The van der Waals surface area contributed by atoms with Gasteiger partial charge in [0.1, 0.15) is 0 Å². The third-order valence-corrected chi connectivity index (χ3v) is 4.90. The summed E-state index contributed by atoms with van der Waals surface area (Å²) in [5.41, 5.74) is 2.19. The Kier molecular flexibility index (Phi) is 6.44. The average Bonchev–Trinajstić information content (AvgIpc) is 2.73.